The summed E-state index contributed by atoms with van der Waals surface area (Å²) in [6, 6.07) is 16.4. The number of carbonyl (C=O) groups is 2. The van der Waals surface area contributed by atoms with Crippen LogP contribution in [0.1, 0.15) is 42.5 Å². The van der Waals surface area contributed by atoms with Crippen LogP contribution in [-0.2, 0) is 16.1 Å². The first-order valence-corrected chi connectivity index (χ1v) is 10.5. The number of hydrogen-bond acceptors (Lipinski definition) is 7. The molecular formula is C25H25N3O5. The van der Waals surface area contributed by atoms with Gasteiger partial charge in [-0.2, -0.15) is 5.26 Å². The lowest BCUT2D eigenvalue weighted by atomic mass is 9.93. The smallest absolute Gasteiger partial charge is 0.313 e. The van der Waals surface area contributed by atoms with Crippen LogP contribution in [0.4, 0.5) is 0 Å². The number of benzene rings is 2. The van der Waals surface area contributed by atoms with Crippen LogP contribution in [0.15, 0.2) is 48.5 Å². The molecule has 3 rings (SSSR count). The Labute approximate surface area is 191 Å². The van der Waals surface area contributed by atoms with E-state index in [1.165, 1.54) is 0 Å². The SMILES string of the molecule is CCOC(=O)C(C)(C)CNC(=O)c1nc(C#N)c2cc(OCc3ccccc3)ccc2c1O. The molecule has 0 aliphatic heterocycles. The van der Waals surface area contributed by atoms with Crippen molar-refractivity contribution < 1.29 is 24.2 Å². The van der Waals surface area contributed by atoms with Gasteiger partial charge in [0.15, 0.2) is 11.4 Å². The lowest BCUT2D eigenvalue weighted by Gasteiger charge is -2.22. The number of aromatic hydroxyl groups is 1. The minimum absolute atomic E-state index is 0.0252. The van der Waals surface area contributed by atoms with Crippen LogP contribution in [0.3, 0.4) is 0 Å². The minimum Gasteiger partial charge on any atom is -0.505 e. The Kier molecular flexibility index (Phi) is 7.13. The molecule has 0 unspecified atom stereocenters. The molecule has 8 heteroatoms. The van der Waals surface area contributed by atoms with E-state index in [4.69, 9.17) is 9.47 Å². The second-order valence-corrected chi connectivity index (χ2v) is 8.04. The average molecular weight is 447 g/mol. The van der Waals surface area contributed by atoms with Gasteiger partial charge in [-0.15, -0.1) is 0 Å². The number of aromatic nitrogens is 1. The molecular weight excluding hydrogens is 422 g/mol. The third kappa shape index (κ3) is 5.39. The molecule has 0 saturated carbocycles. The maximum absolute atomic E-state index is 12.7. The molecule has 0 radical (unpaired) electrons. The highest BCUT2D eigenvalue weighted by molar-refractivity contribution is 6.03. The van der Waals surface area contributed by atoms with Crippen molar-refractivity contribution in [1.82, 2.24) is 10.3 Å². The topological polar surface area (TPSA) is 122 Å². The first-order valence-electron chi connectivity index (χ1n) is 10.5. The predicted octanol–water partition coefficient (Wildman–Crippen LogP) is 3.71. The quantitative estimate of drug-likeness (QED) is 0.505. The summed E-state index contributed by atoms with van der Waals surface area (Å²) < 4.78 is 10.8. The van der Waals surface area contributed by atoms with Gasteiger partial charge in [0.05, 0.1) is 12.0 Å². The minimum atomic E-state index is -0.971. The zero-order valence-electron chi connectivity index (χ0n) is 18.7. The van der Waals surface area contributed by atoms with Gasteiger partial charge in [-0.05, 0) is 44.5 Å². The van der Waals surface area contributed by atoms with E-state index in [-0.39, 0.29) is 30.3 Å². The van der Waals surface area contributed by atoms with Crippen molar-refractivity contribution in [2.45, 2.75) is 27.4 Å². The fourth-order valence-electron chi connectivity index (χ4n) is 3.14. The number of nitrogens with one attached hydrogen (secondary N) is 1. The van der Waals surface area contributed by atoms with Crippen LogP contribution >= 0.6 is 0 Å². The molecule has 0 atom stereocenters. The lowest BCUT2D eigenvalue weighted by molar-refractivity contribution is -0.153. The molecule has 1 aromatic heterocycles. The van der Waals surface area contributed by atoms with Crippen molar-refractivity contribution in [3.63, 3.8) is 0 Å². The molecule has 170 valence electrons. The summed E-state index contributed by atoms with van der Waals surface area (Å²) in [6.07, 6.45) is 0. The molecule has 1 heterocycles. The predicted molar refractivity (Wildman–Crippen MR) is 122 cm³/mol. The number of carbonyl (C=O) groups excluding carboxylic acids is 2. The third-order valence-corrected chi connectivity index (χ3v) is 5.04. The monoisotopic (exact) mass is 447 g/mol. The Hall–Kier alpha value is -4.12. The molecule has 0 spiro atoms. The molecule has 0 aliphatic carbocycles. The number of pyridine rings is 1. The third-order valence-electron chi connectivity index (χ3n) is 5.04. The fourth-order valence-corrected chi connectivity index (χ4v) is 3.14. The zero-order chi connectivity index (χ0) is 24.0. The van der Waals surface area contributed by atoms with Gasteiger partial charge in [-0.1, -0.05) is 30.3 Å². The van der Waals surface area contributed by atoms with Crippen LogP contribution < -0.4 is 10.1 Å². The second-order valence-electron chi connectivity index (χ2n) is 8.04. The normalized spacial score (nSPS) is 11.0. The Bertz CT molecular complexity index is 1220. The van der Waals surface area contributed by atoms with Gasteiger partial charge < -0.3 is 19.9 Å². The highest BCUT2D eigenvalue weighted by atomic mass is 16.5. The number of nitriles is 1. The standard InChI is InChI=1S/C25H25N3O5/c1-4-32-24(31)25(2,3)15-27-23(30)21-22(29)18-11-10-17(12-19(18)20(13-26)28-21)33-14-16-8-6-5-7-9-16/h5-12,29H,4,14-15H2,1-3H3,(H,27,30). The van der Waals surface area contributed by atoms with Crippen molar-refractivity contribution in [2.24, 2.45) is 5.41 Å². The number of esters is 1. The van der Waals surface area contributed by atoms with Crippen molar-refractivity contribution >= 4 is 22.6 Å². The number of nitrogens with zero attached hydrogens (tertiary/aromatic N) is 2. The number of hydrogen-bond donors (Lipinski definition) is 2. The number of ether oxygens (including phenoxy) is 2. The largest absolute Gasteiger partial charge is 0.505 e. The summed E-state index contributed by atoms with van der Waals surface area (Å²) in [4.78, 5) is 28.8. The number of fused-ring (bicyclic) bond motifs is 1. The van der Waals surface area contributed by atoms with E-state index in [1.807, 2.05) is 36.4 Å². The van der Waals surface area contributed by atoms with Gasteiger partial charge in [0.1, 0.15) is 24.1 Å². The van der Waals surface area contributed by atoms with Crippen molar-refractivity contribution in [3.8, 4) is 17.6 Å². The van der Waals surface area contributed by atoms with Crippen LogP contribution in [0.2, 0.25) is 0 Å². The van der Waals surface area contributed by atoms with E-state index in [0.717, 1.165) is 5.56 Å². The molecule has 0 saturated heterocycles. The second kappa shape index (κ2) is 10.0. The van der Waals surface area contributed by atoms with Crippen molar-refractivity contribution in [2.75, 3.05) is 13.2 Å². The summed E-state index contributed by atoms with van der Waals surface area (Å²) in [5.41, 5.74) is -0.308. The van der Waals surface area contributed by atoms with Crippen LogP contribution in [-0.4, -0.2) is 35.1 Å². The number of rotatable bonds is 8. The fraction of sp³-hybridized carbons (Fsp3) is 0.280. The summed E-state index contributed by atoms with van der Waals surface area (Å²) in [5, 5.41) is 23.5. The lowest BCUT2D eigenvalue weighted by Crippen LogP contribution is -2.40. The summed E-state index contributed by atoms with van der Waals surface area (Å²) in [6.45, 7) is 5.51. The van der Waals surface area contributed by atoms with Gasteiger partial charge >= 0.3 is 5.97 Å². The van der Waals surface area contributed by atoms with Crippen LogP contribution in [0, 0.1) is 16.7 Å². The summed E-state index contributed by atoms with van der Waals surface area (Å²) in [7, 11) is 0. The molecule has 0 bridgehead atoms. The molecule has 8 nitrogen and oxygen atoms in total. The Balaban J connectivity index is 1.84. The first-order chi connectivity index (χ1) is 15.8. The number of amides is 1. The van der Waals surface area contributed by atoms with Gasteiger partial charge in [0.25, 0.3) is 5.91 Å². The average Bonchev–Trinajstić information content (AvgIpc) is 2.82. The molecule has 0 fully saturated rings. The van der Waals surface area contributed by atoms with E-state index in [1.54, 1.807) is 39.0 Å². The van der Waals surface area contributed by atoms with E-state index in [0.29, 0.717) is 23.1 Å². The molecule has 33 heavy (non-hydrogen) atoms. The van der Waals surface area contributed by atoms with E-state index >= 15 is 0 Å². The molecule has 2 aromatic carbocycles. The Morgan fingerprint density at radius 2 is 1.88 bits per heavy atom. The Morgan fingerprint density at radius 1 is 1.15 bits per heavy atom. The first kappa shape index (κ1) is 23.5. The van der Waals surface area contributed by atoms with E-state index in [9.17, 15) is 20.0 Å². The Morgan fingerprint density at radius 3 is 2.55 bits per heavy atom. The van der Waals surface area contributed by atoms with Crippen molar-refractivity contribution in [1.29, 1.82) is 5.26 Å². The van der Waals surface area contributed by atoms with Gasteiger partial charge in [0.2, 0.25) is 0 Å². The summed E-state index contributed by atoms with van der Waals surface area (Å²) in [5.74, 6) is -1.02. The maximum atomic E-state index is 12.7. The summed E-state index contributed by atoms with van der Waals surface area (Å²) >= 11 is 0. The highest BCUT2D eigenvalue weighted by Crippen LogP contribution is 2.32. The van der Waals surface area contributed by atoms with E-state index in [2.05, 4.69) is 10.3 Å². The van der Waals surface area contributed by atoms with Crippen LogP contribution in [0.5, 0.6) is 11.5 Å². The zero-order valence-corrected chi connectivity index (χ0v) is 18.7. The van der Waals surface area contributed by atoms with Gasteiger partial charge in [0, 0.05) is 17.3 Å². The maximum Gasteiger partial charge on any atom is 0.313 e. The van der Waals surface area contributed by atoms with Crippen molar-refractivity contribution in [3.05, 3.63) is 65.5 Å². The molecule has 0 aliphatic rings. The highest BCUT2D eigenvalue weighted by Gasteiger charge is 2.30. The van der Waals surface area contributed by atoms with Gasteiger partial charge in [-0.25, -0.2) is 4.98 Å². The molecule has 3 aromatic rings. The van der Waals surface area contributed by atoms with Crippen LogP contribution in [0.25, 0.3) is 10.8 Å². The van der Waals surface area contributed by atoms with E-state index < -0.39 is 17.3 Å². The molecule has 1 amide bonds. The molecule has 2 N–H and O–H groups in total. The van der Waals surface area contributed by atoms with Gasteiger partial charge in [-0.3, -0.25) is 9.59 Å².